The first kappa shape index (κ1) is 14.5. The molecular formula is C14H20ClN5O. The van der Waals surface area contributed by atoms with Crippen molar-refractivity contribution in [3.05, 3.63) is 28.1 Å². The summed E-state index contributed by atoms with van der Waals surface area (Å²) in [4.78, 5) is 4.51. The van der Waals surface area contributed by atoms with Crippen LogP contribution in [0.25, 0.3) is 0 Å². The van der Waals surface area contributed by atoms with Crippen molar-refractivity contribution in [2.75, 3.05) is 6.54 Å². The molecular weight excluding hydrogens is 290 g/mol. The Morgan fingerprint density at radius 3 is 2.95 bits per heavy atom. The summed E-state index contributed by atoms with van der Waals surface area (Å²) in [6.07, 6.45) is 4.74. The van der Waals surface area contributed by atoms with E-state index in [9.17, 15) is 0 Å². The standard InChI is InChI=1S/C14H20ClN5O/c1-9-13(15)10(2)20(18-9)8-12-17-14(19-21-12)11-6-4-3-5-7-16-11/h11,16H,3-8H2,1-2H3/t11-/m1/s1. The number of nitrogens with one attached hydrogen (secondary N) is 1. The Hall–Kier alpha value is -1.40. The van der Waals surface area contributed by atoms with Gasteiger partial charge in [-0.1, -0.05) is 29.6 Å². The number of aryl methyl sites for hydroxylation is 1. The zero-order valence-corrected chi connectivity index (χ0v) is 13.2. The second-order valence-electron chi connectivity index (χ2n) is 5.54. The van der Waals surface area contributed by atoms with Crippen LogP contribution in [0.4, 0.5) is 0 Å². The quantitative estimate of drug-likeness (QED) is 0.944. The molecule has 1 atom stereocenters. The first-order valence-corrected chi connectivity index (χ1v) is 7.78. The van der Waals surface area contributed by atoms with E-state index in [0.29, 0.717) is 17.5 Å². The first-order valence-electron chi connectivity index (χ1n) is 7.40. The molecule has 3 rings (SSSR count). The minimum Gasteiger partial charge on any atom is -0.337 e. The van der Waals surface area contributed by atoms with Gasteiger partial charge in [0.15, 0.2) is 5.82 Å². The fraction of sp³-hybridized carbons (Fsp3) is 0.643. The summed E-state index contributed by atoms with van der Waals surface area (Å²) in [5, 5.41) is 12.7. The van der Waals surface area contributed by atoms with Gasteiger partial charge in [-0.05, 0) is 33.2 Å². The molecule has 0 unspecified atom stereocenters. The van der Waals surface area contributed by atoms with Gasteiger partial charge in [0, 0.05) is 0 Å². The van der Waals surface area contributed by atoms with Crippen LogP contribution < -0.4 is 5.32 Å². The lowest BCUT2D eigenvalue weighted by atomic mass is 10.1. The molecule has 6 nitrogen and oxygen atoms in total. The summed E-state index contributed by atoms with van der Waals surface area (Å²) >= 11 is 6.15. The molecule has 1 saturated heterocycles. The molecule has 3 heterocycles. The highest BCUT2D eigenvalue weighted by atomic mass is 35.5. The molecule has 2 aromatic heterocycles. The van der Waals surface area contributed by atoms with Crippen molar-refractivity contribution in [1.82, 2.24) is 25.2 Å². The number of aromatic nitrogens is 4. The zero-order valence-electron chi connectivity index (χ0n) is 12.4. The Balaban J connectivity index is 1.73. The lowest BCUT2D eigenvalue weighted by Crippen LogP contribution is -2.21. The molecule has 7 heteroatoms. The summed E-state index contributed by atoms with van der Waals surface area (Å²) in [7, 11) is 0. The molecule has 1 aliphatic heterocycles. The average molecular weight is 310 g/mol. The number of hydrogen-bond donors (Lipinski definition) is 1. The van der Waals surface area contributed by atoms with Gasteiger partial charge in [0.2, 0.25) is 5.89 Å². The minimum absolute atomic E-state index is 0.203. The fourth-order valence-corrected chi connectivity index (χ4v) is 2.82. The van der Waals surface area contributed by atoms with E-state index in [1.165, 1.54) is 19.3 Å². The normalized spacial score (nSPS) is 19.7. The van der Waals surface area contributed by atoms with E-state index >= 15 is 0 Å². The highest BCUT2D eigenvalue weighted by Crippen LogP contribution is 2.22. The third-order valence-corrected chi connectivity index (χ3v) is 4.48. The predicted molar refractivity (Wildman–Crippen MR) is 79.3 cm³/mol. The summed E-state index contributed by atoms with van der Waals surface area (Å²) in [5.74, 6) is 1.32. The molecule has 0 radical (unpaired) electrons. The third kappa shape index (κ3) is 3.11. The highest BCUT2D eigenvalue weighted by Gasteiger charge is 2.20. The summed E-state index contributed by atoms with van der Waals surface area (Å²) in [5.41, 5.74) is 1.74. The third-order valence-electron chi connectivity index (χ3n) is 3.93. The van der Waals surface area contributed by atoms with Gasteiger partial charge in [-0.3, -0.25) is 4.68 Å². The van der Waals surface area contributed by atoms with Gasteiger partial charge in [-0.2, -0.15) is 10.1 Å². The SMILES string of the molecule is Cc1nn(Cc2nc([C@H]3CCCCCN3)no2)c(C)c1Cl. The van der Waals surface area contributed by atoms with E-state index in [2.05, 4.69) is 20.6 Å². The Morgan fingerprint density at radius 2 is 2.19 bits per heavy atom. The van der Waals surface area contributed by atoms with Crippen LogP contribution >= 0.6 is 11.6 Å². The van der Waals surface area contributed by atoms with Crippen LogP contribution in [0, 0.1) is 13.8 Å². The zero-order chi connectivity index (χ0) is 14.8. The van der Waals surface area contributed by atoms with E-state index in [0.717, 1.165) is 30.2 Å². The van der Waals surface area contributed by atoms with Crippen LogP contribution in [0.3, 0.4) is 0 Å². The van der Waals surface area contributed by atoms with Crippen molar-refractivity contribution in [3.8, 4) is 0 Å². The predicted octanol–water partition coefficient (Wildman–Crippen LogP) is 2.79. The second-order valence-corrected chi connectivity index (χ2v) is 5.92. The van der Waals surface area contributed by atoms with Gasteiger partial charge < -0.3 is 9.84 Å². The second kappa shape index (κ2) is 6.15. The summed E-state index contributed by atoms with van der Waals surface area (Å²) in [6, 6.07) is 0.203. The molecule has 1 N–H and O–H groups in total. The molecule has 114 valence electrons. The largest absolute Gasteiger partial charge is 0.337 e. The van der Waals surface area contributed by atoms with Gasteiger partial charge in [0.05, 0.1) is 22.5 Å². The average Bonchev–Trinajstić information content (AvgIpc) is 2.89. The van der Waals surface area contributed by atoms with Gasteiger partial charge >= 0.3 is 0 Å². The first-order chi connectivity index (χ1) is 10.1. The van der Waals surface area contributed by atoms with E-state index in [-0.39, 0.29) is 6.04 Å². The van der Waals surface area contributed by atoms with Crippen LogP contribution in [0.1, 0.15) is 54.8 Å². The maximum absolute atomic E-state index is 6.15. The van der Waals surface area contributed by atoms with Crippen molar-refractivity contribution in [1.29, 1.82) is 0 Å². The molecule has 0 bridgehead atoms. The van der Waals surface area contributed by atoms with Gasteiger partial charge in [-0.25, -0.2) is 0 Å². The Morgan fingerprint density at radius 1 is 1.33 bits per heavy atom. The van der Waals surface area contributed by atoms with Crippen molar-refractivity contribution in [2.45, 2.75) is 52.1 Å². The molecule has 0 saturated carbocycles. The van der Waals surface area contributed by atoms with E-state index in [4.69, 9.17) is 16.1 Å². The lowest BCUT2D eigenvalue weighted by molar-refractivity contribution is 0.353. The molecule has 1 fully saturated rings. The number of halogens is 1. The van der Waals surface area contributed by atoms with Crippen molar-refractivity contribution in [3.63, 3.8) is 0 Å². The molecule has 0 amide bonds. The van der Waals surface area contributed by atoms with Crippen LogP contribution in [0.15, 0.2) is 4.52 Å². The van der Waals surface area contributed by atoms with E-state index < -0.39 is 0 Å². The topological polar surface area (TPSA) is 68.8 Å². The molecule has 0 aliphatic carbocycles. The van der Waals surface area contributed by atoms with E-state index in [1.54, 1.807) is 4.68 Å². The monoisotopic (exact) mass is 309 g/mol. The maximum atomic E-state index is 6.15. The summed E-state index contributed by atoms with van der Waals surface area (Å²) in [6.45, 7) is 5.30. The maximum Gasteiger partial charge on any atom is 0.248 e. The Labute approximate surface area is 128 Å². The summed E-state index contributed by atoms with van der Waals surface area (Å²) < 4.78 is 7.16. The number of nitrogens with zero attached hydrogens (tertiary/aromatic N) is 4. The van der Waals surface area contributed by atoms with Crippen molar-refractivity contribution < 1.29 is 4.52 Å². The highest BCUT2D eigenvalue weighted by molar-refractivity contribution is 6.31. The molecule has 0 aromatic carbocycles. The smallest absolute Gasteiger partial charge is 0.248 e. The molecule has 0 spiro atoms. The van der Waals surface area contributed by atoms with Crippen LogP contribution in [-0.2, 0) is 6.54 Å². The van der Waals surface area contributed by atoms with Gasteiger partial charge in [-0.15, -0.1) is 0 Å². The van der Waals surface area contributed by atoms with Gasteiger partial charge in [0.1, 0.15) is 6.54 Å². The van der Waals surface area contributed by atoms with Crippen LogP contribution in [0.2, 0.25) is 5.02 Å². The lowest BCUT2D eigenvalue weighted by Gasteiger charge is -2.09. The Kier molecular flexibility index (Phi) is 4.26. The van der Waals surface area contributed by atoms with Crippen molar-refractivity contribution in [2.24, 2.45) is 0 Å². The molecule has 21 heavy (non-hydrogen) atoms. The van der Waals surface area contributed by atoms with E-state index in [1.807, 2.05) is 13.8 Å². The Bertz CT molecular complexity index is 613. The van der Waals surface area contributed by atoms with Crippen LogP contribution in [-0.4, -0.2) is 26.5 Å². The molecule has 1 aliphatic rings. The number of rotatable bonds is 3. The minimum atomic E-state index is 0.203. The fourth-order valence-electron chi connectivity index (χ4n) is 2.68. The number of hydrogen-bond acceptors (Lipinski definition) is 5. The van der Waals surface area contributed by atoms with Crippen molar-refractivity contribution >= 4 is 11.6 Å². The van der Waals surface area contributed by atoms with Crippen LogP contribution in [0.5, 0.6) is 0 Å². The molecule has 2 aromatic rings. The van der Waals surface area contributed by atoms with Gasteiger partial charge in [0.25, 0.3) is 0 Å².